The van der Waals surface area contributed by atoms with E-state index in [0.717, 1.165) is 18.4 Å². The van der Waals surface area contributed by atoms with Crippen LogP contribution < -0.4 is 4.74 Å². The summed E-state index contributed by atoms with van der Waals surface area (Å²) in [5.41, 5.74) is 0.668. The lowest BCUT2D eigenvalue weighted by molar-refractivity contribution is -0.385. The molecular weight excluding hydrogens is 262 g/mol. The van der Waals surface area contributed by atoms with Crippen LogP contribution in [0.1, 0.15) is 31.2 Å². The Kier molecular flexibility index (Phi) is 4.68. The Labute approximate surface area is 116 Å². The number of Topliss-reactive ketones (excluding diaryl/α,β-unsaturated/α-hetero) is 1. The molecule has 2 rings (SSSR count). The van der Waals surface area contributed by atoms with Gasteiger partial charge in [-0.2, -0.15) is 0 Å². The molecule has 0 atom stereocenters. The molecule has 0 unspecified atom stereocenters. The molecule has 0 saturated heterocycles. The van der Waals surface area contributed by atoms with Crippen molar-refractivity contribution in [1.29, 1.82) is 0 Å². The lowest BCUT2D eigenvalue weighted by atomic mass is 9.96. The van der Waals surface area contributed by atoms with Crippen LogP contribution in [0.5, 0.6) is 5.75 Å². The van der Waals surface area contributed by atoms with Gasteiger partial charge in [-0.3, -0.25) is 14.9 Å². The van der Waals surface area contributed by atoms with Crippen LogP contribution in [0.2, 0.25) is 0 Å². The van der Waals surface area contributed by atoms with E-state index >= 15 is 0 Å². The molecule has 1 aliphatic rings. The third-order valence-electron chi connectivity index (χ3n) is 3.42. The largest absolute Gasteiger partial charge is 0.490 e. The molecule has 0 aromatic heterocycles. The lowest BCUT2D eigenvalue weighted by Crippen LogP contribution is -2.21. The minimum atomic E-state index is -0.471. The number of hydrogen-bond donors (Lipinski definition) is 0. The van der Waals surface area contributed by atoms with Crippen molar-refractivity contribution in [2.75, 3.05) is 7.11 Å². The first-order valence-electron chi connectivity index (χ1n) is 6.54. The molecule has 6 nitrogen and oxygen atoms in total. The fourth-order valence-electron chi connectivity index (χ4n) is 2.26. The number of methoxy groups -OCH3 is 1. The second kappa shape index (κ2) is 6.47. The summed E-state index contributed by atoms with van der Waals surface area (Å²) in [5, 5.41) is 10.9. The number of ether oxygens (including phenoxy) is 2. The second-order valence-electron chi connectivity index (χ2n) is 4.81. The molecule has 0 spiro atoms. The standard InChI is InChI=1S/C14H17NO5/c1-19-14-7-2-10(8-13(14)15(17)18)9-20-12-5-3-11(16)4-6-12/h2,7-8,12H,3-6,9H2,1H3. The van der Waals surface area contributed by atoms with Crippen molar-refractivity contribution in [2.45, 2.75) is 38.4 Å². The molecule has 6 heteroatoms. The molecule has 108 valence electrons. The van der Waals surface area contributed by atoms with Gasteiger partial charge in [0.25, 0.3) is 0 Å². The highest BCUT2D eigenvalue weighted by molar-refractivity contribution is 5.79. The van der Waals surface area contributed by atoms with Crippen molar-refractivity contribution in [3.63, 3.8) is 0 Å². The van der Waals surface area contributed by atoms with Gasteiger partial charge in [0.15, 0.2) is 5.75 Å². The number of benzene rings is 1. The molecule has 0 radical (unpaired) electrons. The van der Waals surface area contributed by atoms with Crippen LogP contribution in [0.3, 0.4) is 0 Å². The van der Waals surface area contributed by atoms with Gasteiger partial charge in [-0.05, 0) is 24.5 Å². The van der Waals surface area contributed by atoms with Crippen LogP contribution in [-0.2, 0) is 16.1 Å². The van der Waals surface area contributed by atoms with Gasteiger partial charge in [-0.15, -0.1) is 0 Å². The van der Waals surface area contributed by atoms with E-state index in [9.17, 15) is 14.9 Å². The number of nitro benzene ring substituents is 1. The zero-order chi connectivity index (χ0) is 14.5. The van der Waals surface area contributed by atoms with Gasteiger partial charge in [0.05, 0.1) is 24.7 Å². The van der Waals surface area contributed by atoms with Crippen molar-refractivity contribution < 1.29 is 19.2 Å². The zero-order valence-electron chi connectivity index (χ0n) is 11.3. The molecule has 1 aliphatic carbocycles. The van der Waals surface area contributed by atoms with E-state index in [2.05, 4.69) is 0 Å². The summed E-state index contributed by atoms with van der Waals surface area (Å²) >= 11 is 0. The van der Waals surface area contributed by atoms with E-state index in [-0.39, 0.29) is 23.3 Å². The van der Waals surface area contributed by atoms with Crippen LogP contribution >= 0.6 is 0 Å². The third kappa shape index (κ3) is 3.54. The number of rotatable bonds is 5. The van der Waals surface area contributed by atoms with Gasteiger partial charge in [-0.25, -0.2) is 0 Å². The first-order chi connectivity index (χ1) is 9.60. The average Bonchev–Trinajstić information content (AvgIpc) is 2.46. The summed E-state index contributed by atoms with van der Waals surface area (Å²) in [7, 11) is 1.40. The monoisotopic (exact) mass is 279 g/mol. The molecule has 0 aliphatic heterocycles. The number of hydrogen-bond acceptors (Lipinski definition) is 5. The van der Waals surface area contributed by atoms with Crippen molar-refractivity contribution in [3.8, 4) is 5.75 Å². The topological polar surface area (TPSA) is 78.7 Å². The lowest BCUT2D eigenvalue weighted by Gasteiger charge is -2.21. The van der Waals surface area contributed by atoms with Crippen LogP contribution in [0.25, 0.3) is 0 Å². The predicted molar refractivity (Wildman–Crippen MR) is 71.7 cm³/mol. The molecule has 0 N–H and O–H groups in total. The molecule has 1 aromatic carbocycles. The van der Waals surface area contributed by atoms with E-state index in [1.165, 1.54) is 13.2 Å². The average molecular weight is 279 g/mol. The number of nitrogens with zero attached hydrogens (tertiary/aromatic N) is 1. The van der Waals surface area contributed by atoms with Gasteiger partial charge >= 0.3 is 5.69 Å². The van der Waals surface area contributed by atoms with E-state index in [0.29, 0.717) is 19.4 Å². The van der Waals surface area contributed by atoms with Gasteiger partial charge in [0, 0.05) is 18.9 Å². The number of carbonyl (C=O) groups is 1. The molecule has 0 heterocycles. The highest BCUT2D eigenvalue weighted by Gasteiger charge is 2.20. The number of carbonyl (C=O) groups excluding carboxylic acids is 1. The molecule has 0 amide bonds. The van der Waals surface area contributed by atoms with E-state index in [4.69, 9.17) is 9.47 Å². The Morgan fingerprint density at radius 3 is 2.65 bits per heavy atom. The van der Waals surface area contributed by atoms with Gasteiger partial charge < -0.3 is 9.47 Å². The third-order valence-corrected chi connectivity index (χ3v) is 3.42. The molecule has 1 fully saturated rings. The smallest absolute Gasteiger partial charge is 0.311 e. The van der Waals surface area contributed by atoms with Crippen molar-refractivity contribution in [3.05, 3.63) is 33.9 Å². The van der Waals surface area contributed by atoms with E-state index in [1.807, 2.05) is 0 Å². The van der Waals surface area contributed by atoms with Crippen LogP contribution in [0.15, 0.2) is 18.2 Å². The Bertz CT molecular complexity index is 504. The Hall–Kier alpha value is -1.95. The molecule has 20 heavy (non-hydrogen) atoms. The van der Waals surface area contributed by atoms with Gasteiger partial charge in [0.1, 0.15) is 5.78 Å². The highest BCUT2D eigenvalue weighted by Crippen LogP contribution is 2.28. The summed E-state index contributed by atoms with van der Waals surface area (Å²) in [6, 6.07) is 4.79. The summed E-state index contributed by atoms with van der Waals surface area (Å²) < 4.78 is 10.7. The van der Waals surface area contributed by atoms with Crippen LogP contribution in [0, 0.1) is 10.1 Å². The van der Waals surface area contributed by atoms with E-state index in [1.54, 1.807) is 12.1 Å². The maximum absolute atomic E-state index is 11.1. The minimum Gasteiger partial charge on any atom is -0.490 e. The van der Waals surface area contributed by atoms with Crippen molar-refractivity contribution in [1.82, 2.24) is 0 Å². The summed E-state index contributed by atoms with van der Waals surface area (Å²) in [6.45, 7) is 0.309. The van der Waals surface area contributed by atoms with E-state index < -0.39 is 4.92 Å². The quantitative estimate of drug-likeness (QED) is 0.611. The molecule has 1 aromatic rings. The summed E-state index contributed by atoms with van der Waals surface area (Å²) in [4.78, 5) is 21.6. The van der Waals surface area contributed by atoms with Crippen molar-refractivity contribution in [2.24, 2.45) is 0 Å². The second-order valence-corrected chi connectivity index (χ2v) is 4.81. The summed E-state index contributed by atoms with van der Waals surface area (Å²) in [6.07, 6.45) is 2.66. The molecule has 0 bridgehead atoms. The zero-order valence-corrected chi connectivity index (χ0v) is 11.3. The molecule has 1 saturated carbocycles. The van der Waals surface area contributed by atoms with Crippen LogP contribution in [-0.4, -0.2) is 23.9 Å². The van der Waals surface area contributed by atoms with Gasteiger partial charge in [-0.1, -0.05) is 6.07 Å². The SMILES string of the molecule is COc1ccc(COC2CCC(=O)CC2)cc1[N+](=O)[O-]. The Balaban J connectivity index is 1.97. The predicted octanol–water partition coefficient (Wildman–Crippen LogP) is 2.63. The number of nitro groups is 1. The van der Waals surface area contributed by atoms with Crippen LogP contribution in [0.4, 0.5) is 5.69 Å². The fraction of sp³-hybridized carbons (Fsp3) is 0.500. The maximum atomic E-state index is 11.1. The first kappa shape index (κ1) is 14.5. The Morgan fingerprint density at radius 2 is 2.05 bits per heavy atom. The first-order valence-corrected chi connectivity index (χ1v) is 6.54. The van der Waals surface area contributed by atoms with Gasteiger partial charge in [0.2, 0.25) is 0 Å². The number of ketones is 1. The minimum absolute atomic E-state index is 0.0626. The fourth-order valence-corrected chi connectivity index (χ4v) is 2.26. The Morgan fingerprint density at radius 1 is 1.35 bits per heavy atom. The highest BCUT2D eigenvalue weighted by atomic mass is 16.6. The summed E-state index contributed by atoms with van der Waals surface area (Å²) in [5.74, 6) is 0.520. The normalized spacial score (nSPS) is 16.1. The van der Waals surface area contributed by atoms with Crippen molar-refractivity contribution >= 4 is 11.5 Å². The maximum Gasteiger partial charge on any atom is 0.311 e. The molecular formula is C14H17NO5.